The smallest absolute Gasteiger partial charge is 0.244 e. The van der Waals surface area contributed by atoms with E-state index in [0.29, 0.717) is 6.54 Å². The predicted molar refractivity (Wildman–Crippen MR) is 69.9 cm³/mol. The lowest BCUT2D eigenvalue weighted by atomic mass is 10.1. The number of aliphatic hydroxyl groups is 1. The summed E-state index contributed by atoms with van der Waals surface area (Å²) in [6, 6.07) is 2.03. The average molecular weight is 251 g/mol. The van der Waals surface area contributed by atoms with Crippen molar-refractivity contribution in [3.8, 4) is 0 Å². The standard InChI is InChI=1S/C13H17NO2S/c1-10-4-7-17-11(10)2-3-12(16)14-8-13(9-15)5-6-13/h2-4,7,15H,5-6,8-9H2,1H3,(H,14,16)/b3-2+. The zero-order valence-corrected chi connectivity index (χ0v) is 10.7. The monoisotopic (exact) mass is 251 g/mol. The van der Waals surface area contributed by atoms with Crippen molar-refractivity contribution in [2.24, 2.45) is 5.41 Å². The molecule has 1 fully saturated rings. The lowest BCUT2D eigenvalue weighted by Gasteiger charge is -2.10. The van der Waals surface area contributed by atoms with Gasteiger partial charge in [0.25, 0.3) is 0 Å². The number of carbonyl (C=O) groups excluding carboxylic acids is 1. The number of aryl methyl sites for hydroxylation is 1. The number of amides is 1. The fourth-order valence-electron chi connectivity index (χ4n) is 1.61. The number of carbonyl (C=O) groups is 1. The van der Waals surface area contributed by atoms with Crippen LogP contribution in [0.4, 0.5) is 0 Å². The van der Waals surface area contributed by atoms with Crippen LogP contribution in [0.25, 0.3) is 6.08 Å². The van der Waals surface area contributed by atoms with Gasteiger partial charge < -0.3 is 10.4 Å². The van der Waals surface area contributed by atoms with Crippen LogP contribution in [0, 0.1) is 12.3 Å². The lowest BCUT2D eigenvalue weighted by molar-refractivity contribution is -0.116. The number of thiophene rings is 1. The van der Waals surface area contributed by atoms with Gasteiger partial charge in [-0.15, -0.1) is 11.3 Å². The summed E-state index contributed by atoms with van der Waals surface area (Å²) in [5, 5.41) is 14.0. The average Bonchev–Trinajstić information content (AvgIpc) is 3.01. The Morgan fingerprint density at radius 1 is 1.65 bits per heavy atom. The van der Waals surface area contributed by atoms with Gasteiger partial charge in [0.15, 0.2) is 0 Å². The van der Waals surface area contributed by atoms with Crippen molar-refractivity contribution in [2.75, 3.05) is 13.2 Å². The van der Waals surface area contributed by atoms with Crippen LogP contribution in [0.5, 0.6) is 0 Å². The summed E-state index contributed by atoms with van der Waals surface area (Å²) in [6.07, 6.45) is 5.43. The highest BCUT2D eigenvalue weighted by Gasteiger charge is 2.41. The Kier molecular flexibility index (Phi) is 3.64. The molecule has 3 nitrogen and oxygen atoms in total. The van der Waals surface area contributed by atoms with Crippen LogP contribution in [0.2, 0.25) is 0 Å². The van der Waals surface area contributed by atoms with Crippen LogP contribution in [-0.2, 0) is 4.79 Å². The Morgan fingerprint density at radius 3 is 2.94 bits per heavy atom. The molecule has 1 aliphatic carbocycles. The van der Waals surface area contributed by atoms with Gasteiger partial charge in [0.2, 0.25) is 5.91 Å². The number of aliphatic hydroxyl groups excluding tert-OH is 1. The molecule has 1 aromatic rings. The van der Waals surface area contributed by atoms with Crippen LogP contribution in [0.15, 0.2) is 17.5 Å². The van der Waals surface area contributed by atoms with Gasteiger partial charge in [-0.05, 0) is 42.9 Å². The van der Waals surface area contributed by atoms with Gasteiger partial charge in [-0.2, -0.15) is 0 Å². The molecule has 0 radical (unpaired) electrons. The zero-order chi connectivity index (χ0) is 12.3. The second-order valence-electron chi connectivity index (χ2n) is 4.68. The summed E-state index contributed by atoms with van der Waals surface area (Å²) >= 11 is 1.63. The third kappa shape index (κ3) is 3.17. The summed E-state index contributed by atoms with van der Waals surface area (Å²) in [5.74, 6) is -0.0856. The van der Waals surface area contributed by atoms with Crippen molar-refractivity contribution in [3.05, 3.63) is 28.0 Å². The van der Waals surface area contributed by atoms with E-state index >= 15 is 0 Å². The van der Waals surface area contributed by atoms with E-state index in [9.17, 15) is 4.79 Å². The van der Waals surface area contributed by atoms with Crippen LogP contribution in [0.3, 0.4) is 0 Å². The quantitative estimate of drug-likeness (QED) is 0.786. The first-order valence-corrected chi connectivity index (χ1v) is 6.64. The maximum absolute atomic E-state index is 11.6. The van der Waals surface area contributed by atoms with Crippen molar-refractivity contribution in [2.45, 2.75) is 19.8 Å². The highest BCUT2D eigenvalue weighted by molar-refractivity contribution is 7.11. The Balaban J connectivity index is 1.81. The minimum atomic E-state index is -0.0856. The highest BCUT2D eigenvalue weighted by atomic mass is 32.1. The van der Waals surface area contributed by atoms with Crippen molar-refractivity contribution in [3.63, 3.8) is 0 Å². The van der Waals surface area contributed by atoms with E-state index in [1.54, 1.807) is 17.4 Å². The van der Waals surface area contributed by atoms with Gasteiger partial charge >= 0.3 is 0 Å². The maximum atomic E-state index is 11.6. The lowest BCUT2D eigenvalue weighted by Crippen LogP contribution is -2.30. The van der Waals surface area contributed by atoms with E-state index in [1.165, 1.54) is 5.56 Å². The molecule has 1 aromatic heterocycles. The second kappa shape index (κ2) is 5.02. The summed E-state index contributed by atoms with van der Waals surface area (Å²) in [7, 11) is 0. The summed E-state index contributed by atoms with van der Waals surface area (Å²) < 4.78 is 0. The molecular formula is C13H17NO2S. The van der Waals surface area contributed by atoms with Crippen LogP contribution < -0.4 is 5.32 Å². The molecule has 0 aromatic carbocycles. The SMILES string of the molecule is Cc1ccsc1/C=C/C(=O)NCC1(CO)CC1. The van der Waals surface area contributed by atoms with Gasteiger partial charge in [-0.25, -0.2) is 0 Å². The van der Waals surface area contributed by atoms with Crippen LogP contribution >= 0.6 is 11.3 Å². The molecule has 0 unspecified atom stereocenters. The minimum absolute atomic E-state index is 0.0254. The van der Waals surface area contributed by atoms with Crippen LogP contribution in [-0.4, -0.2) is 24.2 Å². The van der Waals surface area contributed by atoms with Crippen molar-refractivity contribution < 1.29 is 9.90 Å². The van der Waals surface area contributed by atoms with Gasteiger partial charge in [0.05, 0.1) is 6.61 Å². The fraction of sp³-hybridized carbons (Fsp3) is 0.462. The molecule has 2 rings (SSSR count). The van der Waals surface area contributed by atoms with Crippen molar-refractivity contribution in [1.82, 2.24) is 5.32 Å². The van der Waals surface area contributed by atoms with Gasteiger partial charge in [-0.1, -0.05) is 0 Å². The van der Waals surface area contributed by atoms with E-state index in [1.807, 2.05) is 24.4 Å². The second-order valence-corrected chi connectivity index (χ2v) is 5.62. The Bertz CT molecular complexity index is 432. The van der Waals surface area contributed by atoms with Crippen molar-refractivity contribution in [1.29, 1.82) is 0 Å². The van der Waals surface area contributed by atoms with Gasteiger partial charge in [0, 0.05) is 22.9 Å². The molecule has 92 valence electrons. The molecule has 2 N–H and O–H groups in total. The van der Waals surface area contributed by atoms with E-state index in [2.05, 4.69) is 5.32 Å². The Hall–Kier alpha value is -1.13. The first-order valence-electron chi connectivity index (χ1n) is 5.76. The van der Waals surface area contributed by atoms with Crippen LogP contribution in [0.1, 0.15) is 23.3 Å². The maximum Gasteiger partial charge on any atom is 0.244 e. The summed E-state index contributed by atoms with van der Waals surface area (Å²) in [6.45, 7) is 2.77. The molecule has 0 spiro atoms. The van der Waals surface area contributed by atoms with E-state index in [4.69, 9.17) is 5.11 Å². The van der Waals surface area contributed by atoms with E-state index in [0.717, 1.165) is 17.7 Å². The number of hydrogen-bond donors (Lipinski definition) is 2. The molecule has 1 amide bonds. The Morgan fingerprint density at radius 2 is 2.41 bits per heavy atom. The molecule has 1 heterocycles. The summed E-state index contributed by atoms with van der Waals surface area (Å²) in [4.78, 5) is 12.7. The fourth-order valence-corrected chi connectivity index (χ4v) is 2.43. The molecule has 0 bridgehead atoms. The molecule has 0 saturated heterocycles. The molecule has 0 atom stereocenters. The first-order chi connectivity index (χ1) is 8.15. The third-order valence-electron chi connectivity index (χ3n) is 3.22. The normalized spacial score (nSPS) is 17.3. The number of hydrogen-bond acceptors (Lipinski definition) is 3. The summed E-state index contributed by atoms with van der Waals surface area (Å²) in [5.41, 5.74) is 1.16. The Labute approximate surface area is 105 Å². The number of nitrogens with one attached hydrogen (secondary N) is 1. The molecule has 0 aliphatic heterocycles. The van der Waals surface area contributed by atoms with Gasteiger partial charge in [0.1, 0.15) is 0 Å². The van der Waals surface area contributed by atoms with E-state index in [-0.39, 0.29) is 17.9 Å². The highest BCUT2D eigenvalue weighted by Crippen LogP contribution is 2.44. The third-order valence-corrected chi connectivity index (χ3v) is 4.20. The number of rotatable bonds is 5. The van der Waals surface area contributed by atoms with Crippen molar-refractivity contribution >= 4 is 23.3 Å². The molecule has 1 saturated carbocycles. The topological polar surface area (TPSA) is 49.3 Å². The molecule has 4 heteroatoms. The largest absolute Gasteiger partial charge is 0.396 e. The van der Waals surface area contributed by atoms with Gasteiger partial charge in [-0.3, -0.25) is 4.79 Å². The minimum Gasteiger partial charge on any atom is -0.396 e. The zero-order valence-electron chi connectivity index (χ0n) is 9.90. The van der Waals surface area contributed by atoms with E-state index < -0.39 is 0 Å². The molecule has 1 aliphatic rings. The molecule has 17 heavy (non-hydrogen) atoms. The molecular weight excluding hydrogens is 234 g/mol. The first kappa shape index (κ1) is 12.3. The predicted octanol–water partition coefficient (Wildman–Crippen LogP) is 1.96.